The molecule has 5 heteroatoms. The molecule has 1 amide bonds. The number of nitrogens with zero attached hydrogens (tertiary/aromatic N) is 2. The summed E-state index contributed by atoms with van der Waals surface area (Å²) >= 11 is 0. The molecular weight excluding hydrogens is 256 g/mol. The van der Waals surface area contributed by atoms with Gasteiger partial charge < -0.3 is 14.4 Å². The average Bonchev–Trinajstić information content (AvgIpc) is 2.31. The minimum atomic E-state index is -0.427. The fraction of sp³-hybridized carbons (Fsp3) is 0.867. The molecule has 0 bridgehead atoms. The highest BCUT2D eigenvalue weighted by Crippen LogP contribution is 2.32. The van der Waals surface area contributed by atoms with Gasteiger partial charge in [-0.05, 0) is 39.5 Å². The standard InChI is InChI=1S/C15H26N2O3/c1-15(2,3)20-14(19)17-6-4-16(5-7-17)10-12-8-13(9-12)11-18/h11-13H,4-10H2,1-3H3. The zero-order chi connectivity index (χ0) is 14.8. The van der Waals surface area contributed by atoms with Gasteiger partial charge in [-0.25, -0.2) is 4.79 Å². The Hall–Kier alpha value is -1.10. The fourth-order valence-electron chi connectivity index (χ4n) is 2.85. The first-order valence-corrected chi connectivity index (χ1v) is 7.53. The van der Waals surface area contributed by atoms with Gasteiger partial charge in [-0.1, -0.05) is 0 Å². The molecule has 0 aromatic carbocycles. The maximum absolute atomic E-state index is 11.9. The van der Waals surface area contributed by atoms with Gasteiger partial charge in [0.2, 0.25) is 0 Å². The van der Waals surface area contributed by atoms with Crippen LogP contribution in [0.3, 0.4) is 0 Å². The smallest absolute Gasteiger partial charge is 0.410 e. The topological polar surface area (TPSA) is 49.9 Å². The van der Waals surface area contributed by atoms with Gasteiger partial charge in [-0.15, -0.1) is 0 Å². The number of hydrogen-bond donors (Lipinski definition) is 0. The van der Waals surface area contributed by atoms with Gasteiger partial charge in [0.1, 0.15) is 11.9 Å². The van der Waals surface area contributed by atoms with Crippen LogP contribution in [0.4, 0.5) is 4.79 Å². The first-order valence-electron chi connectivity index (χ1n) is 7.53. The van der Waals surface area contributed by atoms with Crippen molar-refractivity contribution in [3.8, 4) is 0 Å². The first-order chi connectivity index (χ1) is 9.37. The van der Waals surface area contributed by atoms with Crippen LogP contribution in [0.1, 0.15) is 33.6 Å². The van der Waals surface area contributed by atoms with E-state index in [1.807, 2.05) is 20.8 Å². The number of amides is 1. The van der Waals surface area contributed by atoms with Gasteiger partial charge in [-0.3, -0.25) is 4.90 Å². The maximum atomic E-state index is 11.9. The quantitative estimate of drug-likeness (QED) is 0.740. The lowest BCUT2D eigenvalue weighted by Gasteiger charge is -2.40. The summed E-state index contributed by atoms with van der Waals surface area (Å²) in [4.78, 5) is 26.7. The van der Waals surface area contributed by atoms with E-state index >= 15 is 0 Å². The summed E-state index contributed by atoms with van der Waals surface area (Å²) < 4.78 is 5.38. The van der Waals surface area contributed by atoms with Crippen molar-refractivity contribution in [1.29, 1.82) is 0 Å². The molecule has 114 valence electrons. The monoisotopic (exact) mass is 282 g/mol. The van der Waals surface area contributed by atoms with Crippen molar-refractivity contribution in [3.05, 3.63) is 0 Å². The second kappa shape index (κ2) is 6.12. The minimum absolute atomic E-state index is 0.207. The Labute approximate surface area is 121 Å². The van der Waals surface area contributed by atoms with Crippen LogP contribution in [-0.4, -0.2) is 60.5 Å². The molecule has 2 fully saturated rings. The first kappa shape index (κ1) is 15.3. The summed E-state index contributed by atoms with van der Waals surface area (Å²) in [7, 11) is 0. The van der Waals surface area contributed by atoms with E-state index in [9.17, 15) is 9.59 Å². The second-order valence-corrected chi connectivity index (χ2v) is 7.00. The van der Waals surface area contributed by atoms with E-state index in [2.05, 4.69) is 4.90 Å². The highest BCUT2D eigenvalue weighted by molar-refractivity contribution is 5.68. The number of carbonyl (C=O) groups is 2. The molecule has 20 heavy (non-hydrogen) atoms. The molecule has 1 saturated carbocycles. The van der Waals surface area contributed by atoms with E-state index in [-0.39, 0.29) is 6.09 Å². The lowest BCUT2D eigenvalue weighted by atomic mass is 9.75. The minimum Gasteiger partial charge on any atom is -0.444 e. The third-order valence-electron chi connectivity index (χ3n) is 4.00. The molecule has 0 atom stereocenters. The Kier molecular flexibility index (Phi) is 4.68. The molecule has 0 radical (unpaired) electrons. The van der Waals surface area contributed by atoms with E-state index < -0.39 is 5.60 Å². The van der Waals surface area contributed by atoms with Crippen molar-refractivity contribution in [2.75, 3.05) is 32.7 Å². The predicted octanol–water partition coefficient (Wildman–Crippen LogP) is 1.76. The number of piperazine rings is 1. The molecule has 1 heterocycles. The SMILES string of the molecule is CC(C)(C)OC(=O)N1CCN(CC2CC(C=O)C2)CC1. The molecule has 0 unspecified atom stereocenters. The summed E-state index contributed by atoms with van der Waals surface area (Å²) in [6.07, 6.45) is 2.95. The van der Waals surface area contributed by atoms with Crippen molar-refractivity contribution in [3.63, 3.8) is 0 Å². The Bertz CT molecular complexity index is 351. The average molecular weight is 282 g/mol. The third kappa shape index (κ3) is 4.20. The number of carbonyl (C=O) groups excluding carboxylic acids is 2. The van der Waals surface area contributed by atoms with Gasteiger partial charge in [0.15, 0.2) is 0 Å². The normalized spacial score (nSPS) is 27.9. The highest BCUT2D eigenvalue weighted by Gasteiger charge is 2.32. The van der Waals surface area contributed by atoms with E-state index in [0.717, 1.165) is 51.9 Å². The Morgan fingerprint density at radius 1 is 1.20 bits per heavy atom. The van der Waals surface area contributed by atoms with Gasteiger partial charge in [-0.2, -0.15) is 0 Å². The maximum Gasteiger partial charge on any atom is 0.410 e. The molecule has 1 saturated heterocycles. The van der Waals surface area contributed by atoms with E-state index in [0.29, 0.717) is 11.8 Å². The van der Waals surface area contributed by atoms with Crippen LogP contribution in [0.2, 0.25) is 0 Å². The van der Waals surface area contributed by atoms with Crippen molar-refractivity contribution in [2.45, 2.75) is 39.2 Å². The molecule has 0 spiro atoms. The molecule has 1 aliphatic carbocycles. The Morgan fingerprint density at radius 2 is 1.80 bits per heavy atom. The van der Waals surface area contributed by atoms with Crippen LogP contribution < -0.4 is 0 Å². The van der Waals surface area contributed by atoms with Crippen molar-refractivity contribution in [2.24, 2.45) is 11.8 Å². The van der Waals surface area contributed by atoms with Crippen LogP contribution in [0.25, 0.3) is 0 Å². The molecule has 2 rings (SSSR count). The Morgan fingerprint density at radius 3 is 2.30 bits per heavy atom. The molecule has 1 aliphatic heterocycles. The third-order valence-corrected chi connectivity index (χ3v) is 4.00. The van der Waals surface area contributed by atoms with Crippen molar-refractivity contribution in [1.82, 2.24) is 9.80 Å². The van der Waals surface area contributed by atoms with E-state index in [4.69, 9.17) is 4.74 Å². The molecule has 0 aromatic rings. The molecule has 2 aliphatic rings. The molecule has 0 N–H and O–H groups in total. The highest BCUT2D eigenvalue weighted by atomic mass is 16.6. The molecule has 0 aromatic heterocycles. The summed E-state index contributed by atoms with van der Waals surface area (Å²) in [6, 6.07) is 0. The van der Waals surface area contributed by atoms with E-state index in [1.54, 1.807) is 4.90 Å². The largest absolute Gasteiger partial charge is 0.444 e. The van der Waals surface area contributed by atoms with Gasteiger partial charge in [0.05, 0.1) is 0 Å². The van der Waals surface area contributed by atoms with Crippen LogP contribution in [-0.2, 0) is 9.53 Å². The second-order valence-electron chi connectivity index (χ2n) is 7.00. The predicted molar refractivity (Wildman–Crippen MR) is 76.5 cm³/mol. The van der Waals surface area contributed by atoms with Gasteiger partial charge in [0, 0.05) is 38.6 Å². The van der Waals surface area contributed by atoms with Crippen molar-refractivity contribution < 1.29 is 14.3 Å². The number of rotatable bonds is 3. The lowest BCUT2D eigenvalue weighted by molar-refractivity contribution is -0.114. The van der Waals surface area contributed by atoms with Crippen molar-refractivity contribution >= 4 is 12.4 Å². The summed E-state index contributed by atoms with van der Waals surface area (Å²) in [5.74, 6) is 0.960. The molecular formula is C15H26N2O3. The van der Waals surface area contributed by atoms with Crippen LogP contribution in [0.5, 0.6) is 0 Å². The number of ether oxygens (including phenoxy) is 1. The summed E-state index contributed by atoms with van der Waals surface area (Å²) in [5.41, 5.74) is -0.427. The zero-order valence-electron chi connectivity index (χ0n) is 12.8. The lowest BCUT2D eigenvalue weighted by Crippen LogP contribution is -2.51. The summed E-state index contributed by atoms with van der Waals surface area (Å²) in [5, 5.41) is 0. The number of aldehydes is 1. The summed E-state index contributed by atoms with van der Waals surface area (Å²) in [6.45, 7) is 10.0. The van der Waals surface area contributed by atoms with E-state index in [1.165, 1.54) is 0 Å². The zero-order valence-corrected chi connectivity index (χ0v) is 12.8. The number of hydrogen-bond acceptors (Lipinski definition) is 4. The van der Waals surface area contributed by atoms with Crippen LogP contribution in [0, 0.1) is 11.8 Å². The van der Waals surface area contributed by atoms with Crippen LogP contribution in [0.15, 0.2) is 0 Å². The fourth-order valence-corrected chi connectivity index (χ4v) is 2.85. The van der Waals surface area contributed by atoms with Gasteiger partial charge in [0.25, 0.3) is 0 Å². The Balaban J connectivity index is 1.67. The molecule has 5 nitrogen and oxygen atoms in total. The van der Waals surface area contributed by atoms with Crippen LogP contribution >= 0.6 is 0 Å². The van der Waals surface area contributed by atoms with Gasteiger partial charge >= 0.3 is 6.09 Å².